The Balaban J connectivity index is 2.63. The first kappa shape index (κ1) is 12.0. The Hall–Kier alpha value is -1.06. The van der Waals surface area contributed by atoms with Crippen molar-refractivity contribution in [3.05, 3.63) is 35.4 Å². The van der Waals surface area contributed by atoms with Gasteiger partial charge in [0.05, 0.1) is 6.61 Å². The van der Waals surface area contributed by atoms with E-state index in [-0.39, 0.29) is 19.1 Å². The van der Waals surface area contributed by atoms with Crippen LogP contribution in [0.25, 0.3) is 0 Å². The van der Waals surface area contributed by atoms with E-state index in [2.05, 4.69) is 5.32 Å². The smallest absolute Gasteiger partial charge is 0.242 e. The number of halogens is 1. The summed E-state index contributed by atoms with van der Waals surface area (Å²) in [6.07, 6.45) is 0. The Morgan fingerprint density at radius 2 is 2.07 bits per heavy atom. The van der Waals surface area contributed by atoms with Crippen molar-refractivity contribution in [2.75, 3.05) is 13.2 Å². The summed E-state index contributed by atoms with van der Waals surface area (Å²) in [7, 11) is 0. The number of amides is 1. The first-order chi connectivity index (χ1) is 7.15. The number of hydrogen-bond donors (Lipinski definition) is 2. The summed E-state index contributed by atoms with van der Waals surface area (Å²) in [4.78, 5) is 11.4. The molecule has 1 aromatic carbocycles. The lowest BCUT2D eigenvalue weighted by molar-refractivity contribution is -0.121. The lowest BCUT2D eigenvalue weighted by Gasteiger charge is -2.10. The SMILES string of the molecule is Cc1ccc(C(Cl)C(=O)NCCO)cc1. The molecule has 0 aliphatic heterocycles. The molecule has 1 atom stereocenters. The molecule has 0 bridgehead atoms. The molecule has 0 spiro atoms. The van der Waals surface area contributed by atoms with Crippen molar-refractivity contribution >= 4 is 17.5 Å². The highest BCUT2D eigenvalue weighted by Crippen LogP contribution is 2.20. The third-order valence-corrected chi connectivity index (χ3v) is 2.46. The molecule has 0 aliphatic rings. The number of carbonyl (C=O) groups excluding carboxylic acids is 1. The van der Waals surface area contributed by atoms with Crippen molar-refractivity contribution in [1.82, 2.24) is 5.32 Å². The Kier molecular flexibility index (Phi) is 4.59. The average Bonchev–Trinajstić information content (AvgIpc) is 2.26. The number of aliphatic hydroxyl groups excluding tert-OH is 1. The van der Waals surface area contributed by atoms with Gasteiger partial charge >= 0.3 is 0 Å². The number of aryl methyl sites for hydroxylation is 1. The standard InChI is InChI=1S/C11H14ClNO2/c1-8-2-4-9(5-3-8)10(12)11(15)13-6-7-14/h2-5,10,14H,6-7H2,1H3,(H,13,15). The van der Waals surface area contributed by atoms with Gasteiger partial charge in [0.15, 0.2) is 0 Å². The number of aliphatic hydroxyl groups is 1. The monoisotopic (exact) mass is 227 g/mol. The summed E-state index contributed by atoms with van der Waals surface area (Å²) < 4.78 is 0. The van der Waals surface area contributed by atoms with Crippen LogP contribution in [0.5, 0.6) is 0 Å². The van der Waals surface area contributed by atoms with E-state index in [1.54, 1.807) is 0 Å². The Morgan fingerprint density at radius 1 is 1.47 bits per heavy atom. The van der Waals surface area contributed by atoms with Crippen LogP contribution < -0.4 is 5.32 Å². The van der Waals surface area contributed by atoms with Crippen LogP contribution >= 0.6 is 11.6 Å². The lowest BCUT2D eigenvalue weighted by atomic mass is 10.1. The molecular weight excluding hydrogens is 214 g/mol. The molecule has 1 amide bonds. The fourth-order valence-electron chi connectivity index (χ4n) is 1.16. The third-order valence-electron chi connectivity index (χ3n) is 2.01. The molecule has 1 aromatic rings. The van der Waals surface area contributed by atoms with Gasteiger partial charge in [0, 0.05) is 6.54 Å². The molecule has 1 unspecified atom stereocenters. The third kappa shape index (κ3) is 3.53. The highest BCUT2D eigenvalue weighted by atomic mass is 35.5. The molecule has 4 heteroatoms. The Morgan fingerprint density at radius 3 is 2.60 bits per heavy atom. The van der Waals surface area contributed by atoms with Crippen LogP contribution in [0.15, 0.2) is 24.3 Å². The van der Waals surface area contributed by atoms with Gasteiger partial charge in [0.25, 0.3) is 0 Å². The number of nitrogens with one attached hydrogen (secondary N) is 1. The van der Waals surface area contributed by atoms with Crippen molar-refractivity contribution in [3.8, 4) is 0 Å². The molecule has 0 saturated carbocycles. The number of hydrogen-bond acceptors (Lipinski definition) is 2. The van der Waals surface area contributed by atoms with Crippen LogP contribution in [0.2, 0.25) is 0 Å². The fourth-order valence-corrected chi connectivity index (χ4v) is 1.38. The molecule has 3 nitrogen and oxygen atoms in total. The highest BCUT2D eigenvalue weighted by molar-refractivity contribution is 6.30. The van der Waals surface area contributed by atoms with E-state index in [9.17, 15) is 4.79 Å². The van der Waals surface area contributed by atoms with Crippen molar-refractivity contribution in [3.63, 3.8) is 0 Å². The van der Waals surface area contributed by atoms with Gasteiger partial charge in [-0.2, -0.15) is 0 Å². The van der Waals surface area contributed by atoms with Gasteiger partial charge in [-0.3, -0.25) is 4.79 Å². The van der Waals surface area contributed by atoms with E-state index in [0.717, 1.165) is 11.1 Å². The Bertz CT molecular complexity index is 324. The number of carbonyl (C=O) groups is 1. The molecule has 82 valence electrons. The summed E-state index contributed by atoms with van der Waals surface area (Å²) in [5, 5.41) is 10.4. The molecule has 0 heterocycles. The van der Waals surface area contributed by atoms with Gasteiger partial charge in [-0.15, -0.1) is 11.6 Å². The van der Waals surface area contributed by atoms with Crippen LogP contribution in [0, 0.1) is 6.92 Å². The van der Waals surface area contributed by atoms with Crippen LogP contribution in [-0.2, 0) is 4.79 Å². The minimum absolute atomic E-state index is 0.0801. The van der Waals surface area contributed by atoms with Crippen molar-refractivity contribution in [1.29, 1.82) is 0 Å². The molecule has 2 N–H and O–H groups in total. The van der Waals surface area contributed by atoms with Crippen molar-refractivity contribution in [2.24, 2.45) is 0 Å². The summed E-state index contributed by atoms with van der Waals surface area (Å²) in [5.41, 5.74) is 1.89. The number of rotatable bonds is 4. The second-order valence-electron chi connectivity index (χ2n) is 3.29. The zero-order valence-electron chi connectivity index (χ0n) is 8.53. The summed E-state index contributed by atoms with van der Waals surface area (Å²) in [5.74, 6) is -0.283. The van der Waals surface area contributed by atoms with Crippen LogP contribution in [0.1, 0.15) is 16.5 Å². The van der Waals surface area contributed by atoms with E-state index >= 15 is 0 Å². The molecular formula is C11H14ClNO2. The average molecular weight is 228 g/mol. The molecule has 0 saturated heterocycles. The summed E-state index contributed by atoms with van der Waals surface area (Å²) >= 11 is 5.95. The molecule has 0 fully saturated rings. The van der Waals surface area contributed by atoms with E-state index in [4.69, 9.17) is 16.7 Å². The first-order valence-corrected chi connectivity index (χ1v) is 5.18. The van der Waals surface area contributed by atoms with E-state index < -0.39 is 5.38 Å². The zero-order valence-corrected chi connectivity index (χ0v) is 9.29. The fraction of sp³-hybridized carbons (Fsp3) is 0.364. The summed E-state index contributed by atoms with van der Waals surface area (Å²) in [6, 6.07) is 7.46. The Labute approximate surface area is 94.1 Å². The van der Waals surface area contributed by atoms with Crippen LogP contribution in [0.3, 0.4) is 0 Å². The minimum atomic E-state index is -0.697. The molecule has 0 aliphatic carbocycles. The van der Waals surface area contributed by atoms with Gasteiger partial charge in [-0.1, -0.05) is 29.8 Å². The lowest BCUT2D eigenvalue weighted by Crippen LogP contribution is -2.29. The second-order valence-corrected chi connectivity index (χ2v) is 3.72. The molecule has 0 radical (unpaired) electrons. The van der Waals surface area contributed by atoms with Crippen molar-refractivity contribution < 1.29 is 9.90 Å². The van der Waals surface area contributed by atoms with E-state index in [1.807, 2.05) is 31.2 Å². The first-order valence-electron chi connectivity index (χ1n) is 4.74. The normalized spacial score (nSPS) is 12.2. The predicted molar refractivity (Wildman–Crippen MR) is 59.9 cm³/mol. The van der Waals surface area contributed by atoms with Gasteiger partial charge in [-0.25, -0.2) is 0 Å². The largest absolute Gasteiger partial charge is 0.395 e. The van der Waals surface area contributed by atoms with E-state index in [0.29, 0.717) is 0 Å². The van der Waals surface area contributed by atoms with Crippen molar-refractivity contribution in [2.45, 2.75) is 12.3 Å². The summed E-state index contributed by atoms with van der Waals surface area (Å²) in [6.45, 7) is 2.12. The van der Waals surface area contributed by atoms with Crippen LogP contribution in [-0.4, -0.2) is 24.2 Å². The van der Waals surface area contributed by atoms with Gasteiger partial charge in [-0.05, 0) is 12.5 Å². The maximum Gasteiger partial charge on any atom is 0.242 e. The number of alkyl halides is 1. The van der Waals surface area contributed by atoms with Gasteiger partial charge in [0.1, 0.15) is 5.38 Å². The van der Waals surface area contributed by atoms with Crippen LogP contribution in [0.4, 0.5) is 0 Å². The van der Waals surface area contributed by atoms with Gasteiger partial charge in [0.2, 0.25) is 5.91 Å². The van der Waals surface area contributed by atoms with E-state index in [1.165, 1.54) is 0 Å². The maximum atomic E-state index is 11.4. The predicted octanol–water partition coefficient (Wildman–Crippen LogP) is 1.38. The molecule has 1 rings (SSSR count). The topological polar surface area (TPSA) is 49.3 Å². The second kappa shape index (κ2) is 5.73. The quantitative estimate of drug-likeness (QED) is 0.764. The number of benzene rings is 1. The maximum absolute atomic E-state index is 11.4. The highest BCUT2D eigenvalue weighted by Gasteiger charge is 2.16. The van der Waals surface area contributed by atoms with Gasteiger partial charge < -0.3 is 10.4 Å². The molecule has 0 aromatic heterocycles. The minimum Gasteiger partial charge on any atom is -0.395 e. The zero-order chi connectivity index (χ0) is 11.3. The molecule has 15 heavy (non-hydrogen) atoms.